The normalized spacial score (nSPS) is 16.8. The van der Waals surface area contributed by atoms with Gasteiger partial charge in [0.1, 0.15) is 6.26 Å². The second kappa shape index (κ2) is 2.16. The molecule has 0 saturated heterocycles. The summed E-state index contributed by atoms with van der Waals surface area (Å²) in [5.74, 6) is -0.355. The zero-order chi connectivity index (χ0) is 5.82. The van der Waals surface area contributed by atoms with E-state index in [0.717, 1.165) is 0 Å². The Morgan fingerprint density at radius 2 is 2.38 bits per heavy atom. The Balaban J connectivity index is 2.61. The van der Waals surface area contributed by atoms with E-state index in [1.807, 2.05) is 0 Å². The minimum absolute atomic E-state index is 0.355. The summed E-state index contributed by atoms with van der Waals surface area (Å²) in [4.78, 5) is 10.3. The zero-order valence-corrected chi connectivity index (χ0v) is 4.13. The number of esters is 1. The maximum absolute atomic E-state index is 10.3. The summed E-state index contributed by atoms with van der Waals surface area (Å²) < 4.78 is 4.43. The van der Waals surface area contributed by atoms with Crippen LogP contribution in [-0.2, 0) is 9.53 Å². The number of rotatable bonds is 0. The molecule has 0 radical (unpaired) electrons. The maximum Gasteiger partial charge on any atom is 0.337 e. The molecule has 1 aliphatic heterocycles. The molecule has 0 unspecified atom stereocenters. The van der Waals surface area contributed by atoms with Crippen molar-refractivity contribution in [2.45, 2.75) is 0 Å². The average Bonchev–Trinajstić information content (AvgIpc) is 1.94. The lowest BCUT2D eigenvalue weighted by atomic mass is 10.6. The number of cyclic esters (lactones) is 1. The fourth-order valence-corrected chi connectivity index (χ4v) is 0.351. The number of carbonyl (C=O) groups excluding carboxylic acids is 1. The summed E-state index contributed by atoms with van der Waals surface area (Å²) >= 11 is 0. The lowest BCUT2D eigenvalue weighted by Gasteiger charge is -1.84. The number of hydrogen-bond acceptors (Lipinski definition) is 3. The molecule has 0 aromatic carbocycles. The van der Waals surface area contributed by atoms with Crippen LogP contribution >= 0.6 is 0 Å². The van der Waals surface area contributed by atoms with Gasteiger partial charge in [0.25, 0.3) is 0 Å². The molecule has 0 aliphatic carbocycles. The second-order valence-corrected chi connectivity index (χ2v) is 1.24. The molecule has 0 aromatic rings. The molecule has 0 aromatic heterocycles. The summed E-state index contributed by atoms with van der Waals surface area (Å²) in [6, 6.07) is 0. The highest BCUT2D eigenvalue weighted by atomic mass is 16.5. The Kier molecular flexibility index (Phi) is 1.32. The van der Waals surface area contributed by atoms with Crippen LogP contribution in [0.5, 0.6) is 0 Å². The molecule has 42 valence electrons. The third-order valence-corrected chi connectivity index (χ3v) is 0.664. The first-order chi connectivity index (χ1) is 3.89. The quantitative estimate of drug-likeness (QED) is 0.451. The topological polar surface area (TPSA) is 38.3 Å². The maximum atomic E-state index is 10.3. The minimum Gasteiger partial charge on any atom is -0.430 e. The van der Waals surface area contributed by atoms with Crippen LogP contribution in [0.1, 0.15) is 0 Å². The highest BCUT2D eigenvalue weighted by Gasteiger charge is 1.92. The molecule has 0 saturated carbocycles. The highest BCUT2D eigenvalue weighted by molar-refractivity contribution is 5.82. The molecule has 0 atom stereocenters. The van der Waals surface area contributed by atoms with E-state index in [1.165, 1.54) is 24.7 Å². The molecule has 3 nitrogen and oxygen atoms in total. The number of ether oxygens (including phenoxy) is 1. The predicted molar refractivity (Wildman–Crippen MR) is 27.5 cm³/mol. The summed E-state index contributed by atoms with van der Waals surface area (Å²) in [6.07, 6.45) is 5.63. The predicted octanol–water partition coefficient (Wildman–Crippen LogP) is 0.118. The van der Waals surface area contributed by atoms with Crippen molar-refractivity contribution in [3.05, 3.63) is 24.7 Å². The van der Waals surface area contributed by atoms with Crippen molar-refractivity contribution in [1.29, 1.82) is 0 Å². The van der Waals surface area contributed by atoms with Crippen LogP contribution in [0.15, 0.2) is 24.7 Å². The third kappa shape index (κ3) is 1.11. The number of hydrogen-bond donors (Lipinski definition) is 1. The number of carbonyl (C=O) groups is 1. The van der Waals surface area contributed by atoms with Gasteiger partial charge in [-0.3, -0.25) is 0 Å². The van der Waals surface area contributed by atoms with Crippen molar-refractivity contribution < 1.29 is 9.53 Å². The number of nitrogens with one attached hydrogen (secondary N) is 1. The molecule has 1 rings (SSSR count). The van der Waals surface area contributed by atoms with Crippen molar-refractivity contribution in [2.24, 2.45) is 0 Å². The largest absolute Gasteiger partial charge is 0.430 e. The van der Waals surface area contributed by atoms with Crippen molar-refractivity contribution >= 4 is 5.97 Å². The lowest BCUT2D eigenvalue weighted by molar-refractivity contribution is -0.132. The van der Waals surface area contributed by atoms with Crippen molar-refractivity contribution in [2.75, 3.05) is 0 Å². The van der Waals surface area contributed by atoms with Gasteiger partial charge in [-0.05, 0) is 0 Å². The van der Waals surface area contributed by atoms with Crippen molar-refractivity contribution in [3.8, 4) is 0 Å². The Morgan fingerprint density at radius 1 is 1.50 bits per heavy atom. The summed E-state index contributed by atoms with van der Waals surface area (Å²) in [7, 11) is 0. The standard InChI is InChI=1S/C5H5NO2/c7-5-1-2-6-3-4-8-5/h1-4,6H. The highest BCUT2D eigenvalue weighted by Crippen LogP contribution is 1.84. The minimum atomic E-state index is -0.355. The van der Waals surface area contributed by atoms with E-state index in [-0.39, 0.29) is 5.97 Å². The zero-order valence-electron chi connectivity index (χ0n) is 4.13. The van der Waals surface area contributed by atoms with Gasteiger partial charge in [-0.15, -0.1) is 0 Å². The molecular weight excluding hydrogens is 106 g/mol. The summed E-state index contributed by atoms with van der Waals surface area (Å²) in [6.45, 7) is 0. The molecule has 1 N–H and O–H groups in total. The molecule has 1 heterocycles. The lowest BCUT2D eigenvalue weighted by Crippen LogP contribution is -1.91. The monoisotopic (exact) mass is 111 g/mol. The summed E-state index contributed by atoms with van der Waals surface area (Å²) in [5.41, 5.74) is 0. The van der Waals surface area contributed by atoms with E-state index in [1.54, 1.807) is 0 Å². The van der Waals surface area contributed by atoms with Crippen LogP contribution in [0.2, 0.25) is 0 Å². The van der Waals surface area contributed by atoms with Gasteiger partial charge < -0.3 is 10.1 Å². The fourth-order valence-electron chi connectivity index (χ4n) is 0.351. The Hall–Kier alpha value is -1.25. The van der Waals surface area contributed by atoms with Gasteiger partial charge in [-0.2, -0.15) is 0 Å². The van der Waals surface area contributed by atoms with Gasteiger partial charge in [0.2, 0.25) is 0 Å². The van der Waals surface area contributed by atoms with Crippen LogP contribution in [-0.4, -0.2) is 5.97 Å². The Labute approximate surface area is 46.6 Å². The van der Waals surface area contributed by atoms with Gasteiger partial charge in [0, 0.05) is 18.5 Å². The molecule has 0 spiro atoms. The van der Waals surface area contributed by atoms with E-state index in [9.17, 15) is 4.79 Å². The van der Waals surface area contributed by atoms with E-state index in [4.69, 9.17) is 0 Å². The van der Waals surface area contributed by atoms with Gasteiger partial charge in [-0.1, -0.05) is 0 Å². The second-order valence-electron chi connectivity index (χ2n) is 1.24. The SMILES string of the molecule is O=C1C=CNC=CO1. The molecule has 0 amide bonds. The first-order valence-electron chi connectivity index (χ1n) is 2.18. The molecule has 8 heavy (non-hydrogen) atoms. The van der Waals surface area contributed by atoms with Crippen LogP contribution in [0.3, 0.4) is 0 Å². The van der Waals surface area contributed by atoms with Gasteiger partial charge in [0.05, 0.1) is 0 Å². The van der Waals surface area contributed by atoms with Gasteiger partial charge in [0.15, 0.2) is 0 Å². The van der Waals surface area contributed by atoms with Crippen LogP contribution in [0, 0.1) is 0 Å². The smallest absolute Gasteiger partial charge is 0.337 e. The van der Waals surface area contributed by atoms with Gasteiger partial charge >= 0.3 is 5.97 Å². The average molecular weight is 111 g/mol. The van der Waals surface area contributed by atoms with Crippen molar-refractivity contribution in [3.63, 3.8) is 0 Å². The van der Waals surface area contributed by atoms with Crippen LogP contribution < -0.4 is 5.32 Å². The first kappa shape index (κ1) is 4.90. The fraction of sp³-hybridized carbons (Fsp3) is 0. The molecular formula is C5H5NO2. The van der Waals surface area contributed by atoms with Crippen molar-refractivity contribution in [1.82, 2.24) is 5.32 Å². The Bertz CT molecular complexity index is 149. The third-order valence-electron chi connectivity index (χ3n) is 0.664. The summed E-state index contributed by atoms with van der Waals surface area (Å²) in [5, 5.41) is 2.67. The molecule has 1 aliphatic rings. The van der Waals surface area contributed by atoms with Gasteiger partial charge in [-0.25, -0.2) is 4.79 Å². The van der Waals surface area contributed by atoms with E-state index in [0.29, 0.717) is 0 Å². The molecule has 3 heteroatoms. The van der Waals surface area contributed by atoms with E-state index < -0.39 is 0 Å². The first-order valence-corrected chi connectivity index (χ1v) is 2.18. The van der Waals surface area contributed by atoms with Crippen LogP contribution in [0.25, 0.3) is 0 Å². The van der Waals surface area contributed by atoms with E-state index in [2.05, 4.69) is 10.1 Å². The van der Waals surface area contributed by atoms with E-state index >= 15 is 0 Å². The Morgan fingerprint density at radius 3 is 3.25 bits per heavy atom. The molecule has 0 bridgehead atoms. The van der Waals surface area contributed by atoms with Crippen LogP contribution in [0.4, 0.5) is 0 Å². The molecule has 0 fully saturated rings.